The van der Waals surface area contributed by atoms with Gasteiger partial charge in [0.05, 0.1) is 16.0 Å². The topological polar surface area (TPSA) is 141 Å². The summed E-state index contributed by atoms with van der Waals surface area (Å²) in [6.07, 6.45) is 0.430. The van der Waals surface area contributed by atoms with Crippen molar-refractivity contribution in [3.05, 3.63) is 75.9 Å². The van der Waals surface area contributed by atoms with E-state index in [0.29, 0.717) is 40.0 Å². The number of hydrogen-bond donors (Lipinski definition) is 1. The van der Waals surface area contributed by atoms with Crippen LogP contribution in [0.2, 0.25) is 0 Å². The summed E-state index contributed by atoms with van der Waals surface area (Å²) in [7, 11) is 0. The van der Waals surface area contributed by atoms with Crippen molar-refractivity contribution in [2.24, 2.45) is 0 Å². The predicted octanol–water partition coefficient (Wildman–Crippen LogP) is 3.36. The highest BCUT2D eigenvalue weighted by atomic mass is 32.1. The lowest BCUT2D eigenvalue weighted by atomic mass is 10.2. The largest absolute Gasteiger partial charge is 0.464 e. The van der Waals surface area contributed by atoms with Crippen molar-refractivity contribution >= 4 is 38.8 Å². The number of nitro groups is 1. The number of H-pyrrole nitrogens is 1. The van der Waals surface area contributed by atoms with E-state index in [4.69, 9.17) is 4.74 Å². The lowest BCUT2D eigenvalue weighted by molar-refractivity contribution is -0.384. The van der Waals surface area contributed by atoms with E-state index < -0.39 is 4.92 Å². The molecule has 0 fully saturated rings. The van der Waals surface area contributed by atoms with Crippen LogP contribution in [-0.4, -0.2) is 40.5 Å². The molecule has 12 heteroatoms. The van der Waals surface area contributed by atoms with E-state index in [1.807, 2.05) is 30.3 Å². The molecule has 5 rings (SSSR count). The maximum absolute atomic E-state index is 12.6. The number of carbonyl (C=O) groups is 1. The molecule has 0 saturated carbocycles. The van der Waals surface area contributed by atoms with Gasteiger partial charge in [-0.2, -0.15) is 4.52 Å². The Hall–Kier alpha value is -4.19. The van der Waals surface area contributed by atoms with E-state index in [2.05, 4.69) is 25.3 Å². The first kappa shape index (κ1) is 19.8. The third-order valence-electron chi connectivity index (χ3n) is 4.76. The molecule has 0 amide bonds. The monoisotopic (exact) mass is 449 g/mol. The molecule has 3 heterocycles. The van der Waals surface area contributed by atoms with Crippen LogP contribution in [0.1, 0.15) is 28.4 Å². The number of Topliss-reactive ketones (excluding diaryl/α,β-unsaturated/α-hetero) is 1. The lowest BCUT2D eigenvalue weighted by Crippen LogP contribution is -2.06. The quantitative estimate of drug-likeness (QED) is 0.216. The number of nitrogens with one attached hydrogen (secondary N) is 1. The molecule has 2 aromatic carbocycles. The Bertz CT molecular complexity index is 1440. The number of benzene rings is 2. The van der Waals surface area contributed by atoms with Crippen molar-refractivity contribution in [2.45, 2.75) is 19.4 Å². The van der Waals surface area contributed by atoms with E-state index in [9.17, 15) is 14.9 Å². The van der Waals surface area contributed by atoms with E-state index in [0.717, 1.165) is 5.56 Å². The highest BCUT2D eigenvalue weighted by Crippen LogP contribution is 2.23. The number of aromatic amines is 1. The maximum Gasteiger partial charge on any atom is 0.294 e. The number of fused-ring (bicyclic) bond motifs is 2. The van der Waals surface area contributed by atoms with Crippen LogP contribution >= 0.6 is 11.3 Å². The summed E-state index contributed by atoms with van der Waals surface area (Å²) in [5, 5.41) is 24.0. The van der Waals surface area contributed by atoms with Crippen LogP contribution < -0.4 is 4.74 Å². The summed E-state index contributed by atoms with van der Waals surface area (Å²) in [4.78, 5) is 30.7. The maximum atomic E-state index is 12.6. The van der Waals surface area contributed by atoms with E-state index in [1.54, 1.807) is 4.52 Å². The summed E-state index contributed by atoms with van der Waals surface area (Å²) in [5.74, 6) is 0.439. The Labute approximate surface area is 183 Å². The standard InChI is InChI=1S/C20H15N7O4S/c28-16(18-21-14-7-6-13(27(29)30)10-15(14)22-18)8-9-17-23-24-19-26(17)25-20(32-19)31-11-12-4-2-1-3-5-12/h1-7,10H,8-9,11H2,(H,21,22). The van der Waals surface area contributed by atoms with Crippen LogP contribution in [-0.2, 0) is 13.0 Å². The summed E-state index contributed by atoms with van der Waals surface area (Å²) < 4.78 is 7.30. The second kappa shape index (κ2) is 8.15. The first-order valence-electron chi connectivity index (χ1n) is 9.62. The fraction of sp³-hybridized carbons (Fsp3) is 0.150. The molecule has 1 N–H and O–H groups in total. The fourth-order valence-electron chi connectivity index (χ4n) is 3.16. The molecular weight excluding hydrogens is 434 g/mol. The number of hydrogen-bond acceptors (Lipinski definition) is 9. The van der Waals surface area contributed by atoms with Crippen molar-refractivity contribution in [3.63, 3.8) is 0 Å². The summed E-state index contributed by atoms with van der Waals surface area (Å²) in [5.41, 5.74) is 1.89. The molecule has 0 aliphatic carbocycles. The zero-order chi connectivity index (χ0) is 22.1. The third kappa shape index (κ3) is 3.90. The van der Waals surface area contributed by atoms with Crippen LogP contribution in [0.4, 0.5) is 5.69 Å². The van der Waals surface area contributed by atoms with Crippen LogP contribution in [0.15, 0.2) is 48.5 Å². The molecule has 0 aliphatic heterocycles. The van der Waals surface area contributed by atoms with Crippen molar-refractivity contribution < 1.29 is 14.5 Å². The van der Waals surface area contributed by atoms with Crippen molar-refractivity contribution in [1.29, 1.82) is 0 Å². The van der Waals surface area contributed by atoms with Gasteiger partial charge >= 0.3 is 0 Å². The molecule has 3 aromatic heterocycles. The molecule has 32 heavy (non-hydrogen) atoms. The van der Waals surface area contributed by atoms with Gasteiger partial charge in [-0.15, -0.1) is 15.3 Å². The minimum atomic E-state index is -0.496. The molecule has 0 aliphatic rings. The summed E-state index contributed by atoms with van der Waals surface area (Å²) in [6, 6.07) is 14.0. The van der Waals surface area contributed by atoms with Crippen LogP contribution in [0.25, 0.3) is 16.0 Å². The molecule has 0 atom stereocenters. The number of carbonyl (C=O) groups excluding carboxylic acids is 1. The van der Waals surface area contributed by atoms with Gasteiger partial charge in [0.2, 0.25) is 4.96 Å². The number of aromatic nitrogens is 6. The van der Waals surface area contributed by atoms with Crippen molar-refractivity contribution in [3.8, 4) is 5.19 Å². The lowest BCUT2D eigenvalue weighted by Gasteiger charge is -2.01. The Balaban J connectivity index is 1.26. The van der Waals surface area contributed by atoms with Crippen molar-refractivity contribution in [1.82, 2.24) is 29.8 Å². The van der Waals surface area contributed by atoms with Crippen LogP contribution in [0.5, 0.6) is 5.19 Å². The van der Waals surface area contributed by atoms with Crippen molar-refractivity contribution in [2.75, 3.05) is 0 Å². The van der Waals surface area contributed by atoms with E-state index >= 15 is 0 Å². The molecule has 160 valence electrons. The molecule has 5 aromatic rings. The van der Waals surface area contributed by atoms with Crippen LogP contribution in [0, 0.1) is 10.1 Å². The van der Waals surface area contributed by atoms with E-state index in [-0.39, 0.29) is 23.7 Å². The number of non-ortho nitro benzene ring substituents is 1. The van der Waals surface area contributed by atoms with Crippen LogP contribution in [0.3, 0.4) is 0 Å². The highest BCUT2D eigenvalue weighted by molar-refractivity contribution is 7.18. The van der Waals surface area contributed by atoms with Gasteiger partial charge < -0.3 is 9.72 Å². The Morgan fingerprint density at radius 1 is 1.19 bits per heavy atom. The minimum absolute atomic E-state index is 0.0696. The zero-order valence-electron chi connectivity index (χ0n) is 16.5. The number of ketones is 1. The smallest absolute Gasteiger partial charge is 0.294 e. The van der Waals surface area contributed by atoms with Gasteiger partial charge in [0.15, 0.2) is 17.4 Å². The zero-order valence-corrected chi connectivity index (χ0v) is 17.3. The number of aryl methyl sites for hydroxylation is 1. The number of nitrogens with zero attached hydrogens (tertiary/aromatic N) is 6. The van der Waals surface area contributed by atoms with Gasteiger partial charge in [-0.05, 0) is 23.0 Å². The normalized spacial score (nSPS) is 11.2. The summed E-state index contributed by atoms with van der Waals surface area (Å²) >= 11 is 1.27. The van der Waals surface area contributed by atoms with Gasteiger partial charge in [0.1, 0.15) is 6.61 Å². The first-order valence-corrected chi connectivity index (χ1v) is 10.4. The number of rotatable bonds is 8. The average molecular weight is 449 g/mol. The van der Waals surface area contributed by atoms with E-state index in [1.165, 1.54) is 29.5 Å². The molecule has 0 unspecified atom stereocenters. The molecule has 11 nitrogen and oxygen atoms in total. The second-order valence-electron chi connectivity index (χ2n) is 6.92. The Morgan fingerprint density at radius 3 is 2.84 bits per heavy atom. The van der Waals surface area contributed by atoms with Gasteiger partial charge in [0, 0.05) is 25.0 Å². The molecular formula is C20H15N7O4S. The van der Waals surface area contributed by atoms with Gasteiger partial charge in [-0.1, -0.05) is 30.3 Å². The third-order valence-corrected chi connectivity index (χ3v) is 5.57. The fourth-order valence-corrected chi connectivity index (χ4v) is 3.87. The highest BCUT2D eigenvalue weighted by Gasteiger charge is 2.17. The van der Waals surface area contributed by atoms with Gasteiger partial charge in [0.25, 0.3) is 10.9 Å². The Morgan fingerprint density at radius 2 is 2.03 bits per heavy atom. The molecule has 0 saturated heterocycles. The summed E-state index contributed by atoms with van der Waals surface area (Å²) in [6.45, 7) is 0.392. The van der Waals surface area contributed by atoms with Gasteiger partial charge in [-0.3, -0.25) is 14.9 Å². The molecule has 0 spiro atoms. The Kier molecular flexibility index (Phi) is 5.03. The first-order chi connectivity index (χ1) is 15.6. The number of ether oxygens (including phenoxy) is 1. The molecule has 0 radical (unpaired) electrons. The van der Waals surface area contributed by atoms with Gasteiger partial charge in [-0.25, -0.2) is 4.98 Å². The SMILES string of the molecule is O=C(CCc1nnc2sc(OCc3ccccc3)nn12)c1nc2ccc([N+](=O)[O-])cc2[nH]1. The second-order valence-corrected chi connectivity index (χ2v) is 7.84. The number of nitro benzene ring substituents is 1. The number of imidazole rings is 1. The minimum Gasteiger partial charge on any atom is -0.464 e. The predicted molar refractivity (Wildman–Crippen MR) is 115 cm³/mol. The molecule has 0 bridgehead atoms. The average Bonchev–Trinajstić information content (AvgIpc) is 3.50.